The predicted molar refractivity (Wildman–Crippen MR) is 84.0 cm³/mol. The molecule has 1 aromatic heterocycles. The second-order valence-corrected chi connectivity index (χ2v) is 5.21. The van der Waals surface area contributed by atoms with Crippen LogP contribution in [0.5, 0.6) is 5.75 Å². The molecule has 0 N–H and O–H groups in total. The van der Waals surface area contributed by atoms with E-state index in [1.54, 1.807) is 42.5 Å². The predicted octanol–water partition coefficient (Wildman–Crippen LogP) is 2.80. The minimum Gasteiger partial charge on any atom is -0.494 e. The van der Waals surface area contributed by atoms with Crippen LogP contribution in [-0.4, -0.2) is 28.1 Å². The van der Waals surface area contributed by atoms with Crippen LogP contribution in [0.25, 0.3) is 11.0 Å². The Labute approximate surface area is 131 Å². The van der Waals surface area contributed by atoms with E-state index in [1.165, 1.54) is 0 Å². The molecule has 3 aromatic rings. The van der Waals surface area contributed by atoms with E-state index in [0.717, 1.165) is 0 Å². The molecule has 4 rings (SSSR count). The van der Waals surface area contributed by atoms with Crippen LogP contribution in [0.2, 0.25) is 0 Å². The Morgan fingerprint density at radius 3 is 2.09 bits per heavy atom. The minimum absolute atomic E-state index is 0.106. The summed E-state index contributed by atoms with van der Waals surface area (Å²) in [5, 5.41) is 0. The van der Waals surface area contributed by atoms with E-state index < -0.39 is 0 Å². The van der Waals surface area contributed by atoms with Gasteiger partial charge in [0.2, 0.25) is 11.6 Å². The summed E-state index contributed by atoms with van der Waals surface area (Å²) < 4.78 is 5.44. The molecule has 0 spiro atoms. The van der Waals surface area contributed by atoms with E-state index in [4.69, 9.17) is 4.74 Å². The van der Waals surface area contributed by atoms with Gasteiger partial charge in [-0.1, -0.05) is 24.3 Å². The molecule has 0 radical (unpaired) electrons. The van der Waals surface area contributed by atoms with Crippen molar-refractivity contribution in [2.45, 2.75) is 6.92 Å². The van der Waals surface area contributed by atoms with Crippen molar-refractivity contribution >= 4 is 22.6 Å². The number of hydrogen-bond donors (Lipinski definition) is 0. The maximum Gasteiger partial charge on any atom is 0.214 e. The van der Waals surface area contributed by atoms with Crippen molar-refractivity contribution in [2.75, 3.05) is 6.61 Å². The van der Waals surface area contributed by atoms with Gasteiger partial charge in [0.1, 0.15) is 17.1 Å². The average Bonchev–Trinajstić information content (AvgIpc) is 2.59. The summed E-state index contributed by atoms with van der Waals surface area (Å²) >= 11 is 0. The van der Waals surface area contributed by atoms with Crippen LogP contribution in [0.3, 0.4) is 0 Å². The summed E-state index contributed by atoms with van der Waals surface area (Å²) in [5.74, 6) is 0.120. The third-order valence-electron chi connectivity index (χ3n) is 3.79. The number of ketones is 2. The molecule has 1 aliphatic rings. The Morgan fingerprint density at radius 1 is 0.870 bits per heavy atom. The number of carbonyl (C=O) groups excluding carboxylic acids is 2. The molecule has 1 aliphatic carbocycles. The fourth-order valence-electron chi connectivity index (χ4n) is 2.74. The normalized spacial score (nSPS) is 12.9. The fourth-order valence-corrected chi connectivity index (χ4v) is 2.74. The summed E-state index contributed by atoms with van der Waals surface area (Å²) in [7, 11) is 0. The van der Waals surface area contributed by atoms with Crippen LogP contribution in [0, 0.1) is 0 Å². The lowest BCUT2D eigenvalue weighted by Gasteiger charge is -2.16. The molecule has 0 fully saturated rings. The summed E-state index contributed by atoms with van der Waals surface area (Å²) in [4.78, 5) is 33.9. The highest BCUT2D eigenvalue weighted by Gasteiger charge is 2.32. The Kier molecular flexibility index (Phi) is 2.94. The van der Waals surface area contributed by atoms with Crippen molar-refractivity contribution < 1.29 is 14.3 Å². The molecule has 0 aliphatic heterocycles. The molecule has 112 valence electrons. The van der Waals surface area contributed by atoms with Crippen molar-refractivity contribution in [1.82, 2.24) is 9.97 Å². The van der Waals surface area contributed by atoms with Gasteiger partial charge in [-0.25, -0.2) is 9.97 Å². The van der Waals surface area contributed by atoms with E-state index in [1.807, 2.05) is 6.92 Å². The maximum absolute atomic E-state index is 12.6. The Balaban J connectivity index is 1.95. The first-order chi connectivity index (χ1) is 11.2. The quantitative estimate of drug-likeness (QED) is 0.569. The van der Waals surface area contributed by atoms with Gasteiger partial charge in [-0.15, -0.1) is 0 Å². The first-order valence-corrected chi connectivity index (χ1v) is 7.32. The van der Waals surface area contributed by atoms with Gasteiger partial charge in [-0.05, 0) is 19.1 Å². The zero-order valence-electron chi connectivity index (χ0n) is 12.4. The molecule has 0 saturated heterocycles. The third kappa shape index (κ3) is 2.01. The van der Waals surface area contributed by atoms with E-state index in [2.05, 4.69) is 9.97 Å². The van der Waals surface area contributed by atoms with Gasteiger partial charge in [0.05, 0.1) is 17.6 Å². The monoisotopic (exact) mass is 304 g/mol. The summed E-state index contributed by atoms with van der Waals surface area (Å²) in [6.07, 6.45) is 0. The van der Waals surface area contributed by atoms with Crippen LogP contribution in [0.1, 0.15) is 39.0 Å². The molecule has 0 unspecified atom stereocenters. The van der Waals surface area contributed by atoms with Gasteiger partial charge >= 0.3 is 0 Å². The molecule has 0 bridgehead atoms. The molecule has 5 heteroatoms. The average molecular weight is 304 g/mol. The SMILES string of the molecule is CCOc1ccc2nc3c(nc2c1)C(=O)c1ccccc1C3=O. The molecular formula is C18H12N2O3. The van der Waals surface area contributed by atoms with Gasteiger partial charge in [0, 0.05) is 17.2 Å². The van der Waals surface area contributed by atoms with E-state index in [9.17, 15) is 9.59 Å². The second-order valence-electron chi connectivity index (χ2n) is 5.21. The third-order valence-corrected chi connectivity index (χ3v) is 3.79. The van der Waals surface area contributed by atoms with Crippen molar-refractivity contribution in [2.24, 2.45) is 0 Å². The highest BCUT2D eigenvalue weighted by atomic mass is 16.5. The Morgan fingerprint density at radius 2 is 1.48 bits per heavy atom. The van der Waals surface area contributed by atoms with Gasteiger partial charge in [-0.3, -0.25) is 9.59 Å². The lowest BCUT2D eigenvalue weighted by atomic mass is 9.89. The molecule has 23 heavy (non-hydrogen) atoms. The molecule has 0 atom stereocenters. The molecule has 2 aromatic carbocycles. The van der Waals surface area contributed by atoms with E-state index in [-0.39, 0.29) is 23.0 Å². The zero-order valence-corrected chi connectivity index (χ0v) is 12.4. The second kappa shape index (κ2) is 4.98. The van der Waals surface area contributed by atoms with Gasteiger partial charge in [-0.2, -0.15) is 0 Å². The number of aromatic nitrogens is 2. The zero-order chi connectivity index (χ0) is 16.0. The number of ether oxygens (including phenoxy) is 1. The van der Waals surface area contributed by atoms with Gasteiger partial charge < -0.3 is 4.74 Å². The number of carbonyl (C=O) groups is 2. The molecule has 0 amide bonds. The molecule has 0 saturated carbocycles. The summed E-state index contributed by atoms with van der Waals surface area (Å²) in [5.41, 5.74) is 2.08. The number of benzene rings is 2. The largest absolute Gasteiger partial charge is 0.494 e. The molecular weight excluding hydrogens is 292 g/mol. The van der Waals surface area contributed by atoms with Crippen molar-refractivity contribution in [3.05, 3.63) is 65.0 Å². The smallest absolute Gasteiger partial charge is 0.214 e. The summed E-state index contributed by atoms with van der Waals surface area (Å²) in [6, 6.07) is 12.0. The van der Waals surface area contributed by atoms with Crippen molar-refractivity contribution in [3.63, 3.8) is 0 Å². The van der Waals surface area contributed by atoms with Crippen LogP contribution in [0.15, 0.2) is 42.5 Å². The topological polar surface area (TPSA) is 69.2 Å². The highest BCUT2D eigenvalue weighted by Crippen LogP contribution is 2.27. The van der Waals surface area contributed by atoms with Crippen LogP contribution >= 0.6 is 0 Å². The first kappa shape index (κ1) is 13.6. The number of rotatable bonds is 2. The summed E-state index contributed by atoms with van der Waals surface area (Å²) in [6.45, 7) is 2.43. The van der Waals surface area contributed by atoms with Crippen molar-refractivity contribution in [3.8, 4) is 5.75 Å². The van der Waals surface area contributed by atoms with Crippen LogP contribution in [-0.2, 0) is 0 Å². The maximum atomic E-state index is 12.6. The Hall–Kier alpha value is -3.08. The van der Waals surface area contributed by atoms with Crippen molar-refractivity contribution in [1.29, 1.82) is 0 Å². The number of fused-ring (bicyclic) bond motifs is 3. The van der Waals surface area contributed by atoms with Gasteiger partial charge in [0.15, 0.2) is 0 Å². The standard InChI is InChI=1S/C18H12N2O3/c1-2-23-10-7-8-13-14(9-10)20-16-15(19-13)17(21)11-5-3-4-6-12(11)18(16)22/h3-9H,2H2,1H3. The minimum atomic E-state index is -0.272. The lowest BCUT2D eigenvalue weighted by Crippen LogP contribution is -2.23. The number of nitrogens with zero attached hydrogens (tertiary/aromatic N) is 2. The van der Waals surface area contributed by atoms with E-state index in [0.29, 0.717) is 34.5 Å². The molecule has 1 heterocycles. The first-order valence-electron chi connectivity index (χ1n) is 7.32. The fraction of sp³-hybridized carbons (Fsp3) is 0.111. The highest BCUT2D eigenvalue weighted by molar-refractivity contribution is 6.27. The lowest BCUT2D eigenvalue weighted by molar-refractivity contribution is 0.0972. The Bertz CT molecular complexity index is 979. The molecule has 5 nitrogen and oxygen atoms in total. The van der Waals surface area contributed by atoms with Crippen LogP contribution < -0.4 is 4.74 Å². The number of hydrogen-bond acceptors (Lipinski definition) is 5. The van der Waals surface area contributed by atoms with E-state index >= 15 is 0 Å². The van der Waals surface area contributed by atoms with Gasteiger partial charge in [0.25, 0.3) is 0 Å². The van der Waals surface area contributed by atoms with Crippen LogP contribution in [0.4, 0.5) is 0 Å².